The number of rotatable bonds is 7. The van der Waals surface area contributed by atoms with E-state index in [2.05, 4.69) is 56.4 Å². The van der Waals surface area contributed by atoms with Crippen LogP contribution < -0.4 is 5.32 Å². The van der Waals surface area contributed by atoms with Gasteiger partial charge in [0.25, 0.3) is 0 Å². The highest BCUT2D eigenvalue weighted by atomic mass is 15.0. The van der Waals surface area contributed by atoms with E-state index >= 15 is 0 Å². The fraction of sp³-hybridized carbons (Fsp3) is 0.562. The molecule has 0 radical (unpaired) electrons. The molecule has 2 nitrogen and oxygen atoms in total. The van der Waals surface area contributed by atoms with Crippen LogP contribution in [0.3, 0.4) is 0 Å². The molecule has 0 saturated heterocycles. The molecular weight excluding hydrogens is 220 g/mol. The lowest BCUT2D eigenvalue weighted by molar-refractivity contribution is 0.310. The molecule has 98 valence electrons. The number of aryl methyl sites for hydroxylation is 1. The fourth-order valence-electron chi connectivity index (χ4n) is 2.13. The molecule has 0 fully saturated rings. The van der Waals surface area contributed by atoms with Crippen molar-refractivity contribution in [2.75, 3.05) is 0 Å². The summed E-state index contributed by atoms with van der Waals surface area (Å²) in [5.74, 6) is 0. The predicted molar refractivity (Wildman–Crippen MR) is 76.3 cm³/mol. The van der Waals surface area contributed by atoms with Crippen molar-refractivity contribution in [3.05, 3.63) is 35.9 Å². The van der Waals surface area contributed by atoms with Crippen LogP contribution in [-0.4, -0.2) is 11.6 Å². The highest BCUT2D eigenvalue weighted by Crippen LogP contribution is 2.15. The summed E-state index contributed by atoms with van der Waals surface area (Å²) >= 11 is 0. The zero-order valence-electron chi connectivity index (χ0n) is 11.7. The summed E-state index contributed by atoms with van der Waals surface area (Å²) in [7, 11) is 0. The summed E-state index contributed by atoms with van der Waals surface area (Å²) in [4.78, 5) is 0. The van der Waals surface area contributed by atoms with Crippen molar-refractivity contribution in [2.24, 2.45) is 0 Å². The summed E-state index contributed by atoms with van der Waals surface area (Å²) in [5, 5.41) is 12.4. The number of hydrogen-bond acceptors (Lipinski definition) is 2. The fourth-order valence-corrected chi connectivity index (χ4v) is 2.13. The molecule has 0 aromatic heterocycles. The smallest absolute Gasteiger partial charge is 0.0638 e. The van der Waals surface area contributed by atoms with Gasteiger partial charge in [-0.25, -0.2) is 0 Å². The SMILES string of the molecule is CCC(CC#N)NC(C)(C)CCc1ccccc1. The average Bonchev–Trinajstić information content (AvgIpc) is 2.37. The zero-order valence-corrected chi connectivity index (χ0v) is 11.7. The number of nitriles is 1. The minimum atomic E-state index is 0.0768. The van der Waals surface area contributed by atoms with Crippen molar-refractivity contribution >= 4 is 0 Å². The third-order valence-electron chi connectivity index (χ3n) is 3.31. The molecule has 0 aliphatic rings. The van der Waals surface area contributed by atoms with E-state index in [4.69, 9.17) is 5.26 Å². The van der Waals surface area contributed by atoms with Gasteiger partial charge >= 0.3 is 0 Å². The summed E-state index contributed by atoms with van der Waals surface area (Å²) in [6.07, 6.45) is 3.75. The van der Waals surface area contributed by atoms with Crippen molar-refractivity contribution in [2.45, 2.75) is 58.0 Å². The summed E-state index contributed by atoms with van der Waals surface area (Å²) in [5.41, 5.74) is 1.45. The lowest BCUT2D eigenvalue weighted by Gasteiger charge is -2.31. The molecule has 0 spiro atoms. The van der Waals surface area contributed by atoms with Crippen molar-refractivity contribution in [3.8, 4) is 6.07 Å². The van der Waals surface area contributed by atoms with Gasteiger partial charge in [0.15, 0.2) is 0 Å². The first kappa shape index (κ1) is 14.7. The Morgan fingerprint density at radius 2 is 1.94 bits per heavy atom. The van der Waals surface area contributed by atoms with E-state index in [-0.39, 0.29) is 5.54 Å². The second kappa shape index (κ2) is 7.18. The van der Waals surface area contributed by atoms with Gasteiger partial charge in [-0.05, 0) is 38.7 Å². The van der Waals surface area contributed by atoms with Gasteiger partial charge in [-0.1, -0.05) is 37.3 Å². The third kappa shape index (κ3) is 5.33. The maximum atomic E-state index is 8.78. The van der Waals surface area contributed by atoms with E-state index in [0.29, 0.717) is 12.5 Å². The number of benzene rings is 1. The zero-order chi connectivity index (χ0) is 13.4. The highest BCUT2D eigenvalue weighted by Gasteiger charge is 2.20. The minimum Gasteiger partial charge on any atom is -0.308 e. The molecular formula is C16H24N2. The minimum absolute atomic E-state index is 0.0768. The summed E-state index contributed by atoms with van der Waals surface area (Å²) in [6.45, 7) is 6.56. The molecule has 1 aromatic rings. The largest absolute Gasteiger partial charge is 0.308 e. The first-order valence-electron chi connectivity index (χ1n) is 6.76. The normalized spacial score (nSPS) is 13.0. The Balaban J connectivity index is 2.46. The summed E-state index contributed by atoms with van der Waals surface area (Å²) < 4.78 is 0. The van der Waals surface area contributed by atoms with E-state index in [0.717, 1.165) is 19.3 Å². The Bertz CT molecular complexity index is 376. The van der Waals surface area contributed by atoms with E-state index in [1.54, 1.807) is 0 Å². The van der Waals surface area contributed by atoms with Crippen molar-refractivity contribution in [1.29, 1.82) is 5.26 Å². The lowest BCUT2D eigenvalue weighted by atomic mass is 9.93. The Morgan fingerprint density at radius 1 is 1.28 bits per heavy atom. The van der Waals surface area contributed by atoms with Gasteiger partial charge in [0.2, 0.25) is 0 Å². The molecule has 1 N–H and O–H groups in total. The van der Waals surface area contributed by atoms with Crippen LogP contribution in [0.15, 0.2) is 30.3 Å². The lowest BCUT2D eigenvalue weighted by Crippen LogP contribution is -2.45. The Morgan fingerprint density at radius 3 is 2.50 bits per heavy atom. The van der Waals surface area contributed by atoms with E-state index in [1.807, 2.05) is 6.07 Å². The monoisotopic (exact) mass is 244 g/mol. The quantitative estimate of drug-likeness (QED) is 0.794. The molecule has 1 aromatic carbocycles. The topological polar surface area (TPSA) is 35.8 Å². The Kier molecular flexibility index (Phi) is 5.88. The van der Waals surface area contributed by atoms with Crippen LogP contribution in [0.4, 0.5) is 0 Å². The van der Waals surface area contributed by atoms with Gasteiger partial charge in [0, 0.05) is 11.6 Å². The number of hydrogen-bond donors (Lipinski definition) is 1. The molecule has 18 heavy (non-hydrogen) atoms. The van der Waals surface area contributed by atoms with Crippen LogP contribution >= 0.6 is 0 Å². The van der Waals surface area contributed by atoms with Crippen LogP contribution in [0, 0.1) is 11.3 Å². The molecule has 0 amide bonds. The average molecular weight is 244 g/mol. The maximum Gasteiger partial charge on any atom is 0.0638 e. The standard InChI is InChI=1S/C16H24N2/c1-4-15(11-13-17)18-16(2,3)12-10-14-8-6-5-7-9-14/h5-9,15,18H,4,10-12H2,1-3H3. The molecule has 0 aliphatic carbocycles. The van der Waals surface area contributed by atoms with Crippen molar-refractivity contribution < 1.29 is 0 Å². The molecule has 0 bridgehead atoms. The van der Waals surface area contributed by atoms with Gasteiger partial charge in [-0.3, -0.25) is 0 Å². The van der Waals surface area contributed by atoms with E-state index in [1.165, 1.54) is 5.56 Å². The molecule has 1 atom stereocenters. The molecule has 1 unspecified atom stereocenters. The number of nitrogens with one attached hydrogen (secondary N) is 1. The van der Waals surface area contributed by atoms with E-state index in [9.17, 15) is 0 Å². The Labute approximate surface area is 111 Å². The maximum absolute atomic E-state index is 8.78. The van der Waals surface area contributed by atoms with Gasteiger partial charge in [0.05, 0.1) is 12.5 Å². The Hall–Kier alpha value is -1.33. The van der Waals surface area contributed by atoms with Crippen LogP contribution in [-0.2, 0) is 6.42 Å². The van der Waals surface area contributed by atoms with Crippen LogP contribution in [0.5, 0.6) is 0 Å². The first-order valence-corrected chi connectivity index (χ1v) is 6.76. The van der Waals surface area contributed by atoms with Crippen LogP contribution in [0.1, 0.15) is 45.6 Å². The van der Waals surface area contributed by atoms with Gasteiger partial charge in [-0.2, -0.15) is 5.26 Å². The predicted octanol–water partition coefficient (Wildman–Crippen LogP) is 3.68. The summed E-state index contributed by atoms with van der Waals surface area (Å²) in [6, 6.07) is 13.1. The molecule has 0 heterocycles. The molecule has 0 saturated carbocycles. The molecule has 0 aliphatic heterocycles. The molecule has 2 heteroatoms. The van der Waals surface area contributed by atoms with Crippen LogP contribution in [0.25, 0.3) is 0 Å². The van der Waals surface area contributed by atoms with Crippen molar-refractivity contribution in [3.63, 3.8) is 0 Å². The van der Waals surface area contributed by atoms with E-state index < -0.39 is 0 Å². The highest BCUT2D eigenvalue weighted by molar-refractivity contribution is 5.15. The van der Waals surface area contributed by atoms with Crippen LogP contribution in [0.2, 0.25) is 0 Å². The molecule has 1 rings (SSSR count). The second-order valence-electron chi connectivity index (χ2n) is 5.48. The number of nitrogens with zero attached hydrogens (tertiary/aromatic N) is 1. The van der Waals surface area contributed by atoms with Gasteiger partial charge in [0.1, 0.15) is 0 Å². The van der Waals surface area contributed by atoms with Crippen molar-refractivity contribution in [1.82, 2.24) is 5.32 Å². The first-order chi connectivity index (χ1) is 8.57. The van der Waals surface area contributed by atoms with Gasteiger partial charge in [-0.15, -0.1) is 0 Å². The third-order valence-corrected chi connectivity index (χ3v) is 3.31. The second-order valence-corrected chi connectivity index (χ2v) is 5.48. The van der Waals surface area contributed by atoms with Gasteiger partial charge < -0.3 is 5.32 Å².